The number of ether oxygens (including phenoxy) is 3. The van der Waals surface area contributed by atoms with Crippen LogP contribution in [0.1, 0.15) is 23.7 Å². The zero-order valence-corrected chi connectivity index (χ0v) is 11.9. The second kappa shape index (κ2) is 9.17. The molecule has 1 aromatic carbocycles. The summed E-state index contributed by atoms with van der Waals surface area (Å²) >= 11 is 0. The minimum absolute atomic E-state index is 0.167. The molecule has 20 heavy (non-hydrogen) atoms. The van der Waals surface area contributed by atoms with Gasteiger partial charge in [0.15, 0.2) is 6.61 Å². The van der Waals surface area contributed by atoms with Gasteiger partial charge in [-0.15, -0.1) is 0 Å². The normalized spacial score (nSPS) is 10.2. The topological polar surface area (TPSA) is 63.2 Å². The van der Waals surface area contributed by atoms with E-state index in [1.165, 1.54) is 20.8 Å². The smallest absolute Gasteiger partial charge is 0.380 e. The first kappa shape index (κ1) is 16.3. The number of benzene rings is 1. The standard InChI is InChI=1S/C14H19O6/c1-4-8-18-9-10-19-20-14(15)13-11(16-2)6-5-7-12(13)17-3/h5-7,10H,4,8-9H2,1-3H3. The summed E-state index contributed by atoms with van der Waals surface area (Å²) in [7, 11) is 2.91. The fraction of sp³-hybridized carbons (Fsp3) is 0.429. The lowest BCUT2D eigenvalue weighted by atomic mass is 10.2. The lowest BCUT2D eigenvalue weighted by Crippen LogP contribution is -2.10. The van der Waals surface area contributed by atoms with Gasteiger partial charge in [0.1, 0.15) is 17.1 Å². The van der Waals surface area contributed by atoms with E-state index in [4.69, 9.17) is 14.2 Å². The van der Waals surface area contributed by atoms with E-state index >= 15 is 0 Å². The molecule has 1 rings (SSSR count). The van der Waals surface area contributed by atoms with Gasteiger partial charge in [-0.1, -0.05) is 13.0 Å². The van der Waals surface area contributed by atoms with E-state index < -0.39 is 5.97 Å². The maximum Gasteiger partial charge on any atom is 0.380 e. The van der Waals surface area contributed by atoms with E-state index in [-0.39, 0.29) is 12.2 Å². The first-order valence-corrected chi connectivity index (χ1v) is 6.22. The molecule has 0 unspecified atom stereocenters. The highest BCUT2D eigenvalue weighted by Crippen LogP contribution is 2.28. The molecule has 0 fully saturated rings. The largest absolute Gasteiger partial charge is 0.496 e. The van der Waals surface area contributed by atoms with Crippen molar-refractivity contribution in [3.8, 4) is 11.5 Å². The molecule has 1 radical (unpaired) electrons. The van der Waals surface area contributed by atoms with E-state index in [2.05, 4.69) is 9.78 Å². The molecular weight excluding hydrogens is 264 g/mol. The summed E-state index contributed by atoms with van der Waals surface area (Å²) in [6, 6.07) is 4.97. The molecule has 0 saturated carbocycles. The Morgan fingerprint density at radius 2 is 1.85 bits per heavy atom. The van der Waals surface area contributed by atoms with Crippen molar-refractivity contribution in [1.82, 2.24) is 0 Å². The first-order valence-electron chi connectivity index (χ1n) is 6.22. The molecule has 0 N–H and O–H groups in total. The van der Waals surface area contributed by atoms with Crippen molar-refractivity contribution in [2.24, 2.45) is 0 Å². The molecule has 6 heteroatoms. The number of carbonyl (C=O) groups is 1. The molecule has 6 nitrogen and oxygen atoms in total. The lowest BCUT2D eigenvalue weighted by molar-refractivity contribution is -0.218. The second-order valence-corrected chi connectivity index (χ2v) is 3.75. The van der Waals surface area contributed by atoms with E-state index in [9.17, 15) is 4.79 Å². The Labute approximate surface area is 118 Å². The van der Waals surface area contributed by atoms with Gasteiger partial charge < -0.3 is 14.2 Å². The number of carbonyl (C=O) groups excluding carboxylic acids is 1. The first-order chi connectivity index (χ1) is 9.74. The van der Waals surface area contributed by atoms with Crippen LogP contribution in [0.4, 0.5) is 0 Å². The molecule has 1 aromatic rings. The van der Waals surface area contributed by atoms with Crippen LogP contribution in [0.3, 0.4) is 0 Å². The van der Waals surface area contributed by atoms with Crippen LogP contribution in [0.15, 0.2) is 18.2 Å². The summed E-state index contributed by atoms with van der Waals surface area (Å²) < 4.78 is 15.3. The number of hydrogen-bond acceptors (Lipinski definition) is 6. The van der Waals surface area contributed by atoms with E-state index in [1.54, 1.807) is 18.2 Å². The van der Waals surface area contributed by atoms with Crippen molar-refractivity contribution < 1.29 is 28.8 Å². The van der Waals surface area contributed by atoms with Crippen molar-refractivity contribution >= 4 is 5.97 Å². The molecular formula is C14H19O6. The van der Waals surface area contributed by atoms with Crippen LogP contribution in [0.25, 0.3) is 0 Å². The van der Waals surface area contributed by atoms with Gasteiger partial charge in [0.05, 0.1) is 20.8 Å². The highest BCUT2D eigenvalue weighted by molar-refractivity contribution is 5.95. The Kier molecular flexibility index (Phi) is 7.46. The van der Waals surface area contributed by atoms with Crippen LogP contribution >= 0.6 is 0 Å². The zero-order valence-electron chi connectivity index (χ0n) is 11.9. The summed E-state index contributed by atoms with van der Waals surface area (Å²) in [5, 5.41) is 0. The van der Waals surface area contributed by atoms with Gasteiger partial charge in [0.25, 0.3) is 0 Å². The Morgan fingerprint density at radius 3 is 2.40 bits per heavy atom. The summed E-state index contributed by atoms with van der Waals surface area (Å²) in [6.45, 7) is 4.11. The van der Waals surface area contributed by atoms with Crippen LogP contribution in [0, 0.1) is 6.61 Å². The predicted molar refractivity (Wildman–Crippen MR) is 71.5 cm³/mol. The molecule has 0 aromatic heterocycles. The fourth-order valence-electron chi connectivity index (χ4n) is 1.48. The van der Waals surface area contributed by atoms with Crippen LogP contribution in [0.2, 0.25) is 0 Å². The van der Waals surface area contributed by atoms with Crippen LogP contribution in [-0.2, 0) is 14.5 Å². The highest BCUT2D eigenvalue weighted by Gasteiger charge is 2.20. The van der Waals surface area contributed by atoms with E-state index in [1.807, 2.05) is 6.92 Å². The number of rotatable bonds is 9. The SMILES string of the molecule is CCCOC[CH]OOC(=O)c1c(OC)cccc1OC. The van der Waals surface area contributed by atoms with Crippen molar-refractivity contribution in [1.29, 1.82) is 0 Å². The maximum atomic E-state index is 11.9. The average molecular weight is 283 g/mol. The molecule has 0 bridgehead atoms. The maximum absolute atomic E-state index is 11.9. The Hall–Kier alpha value is -1.79. The molecule has 0 aliphatic carbocycles. The summed E-state index contributed by atoms with van der Waals surface area (Å²) in [5.74, 6) is -0.00796. The zero-order chi connectivity index (χ0) is 14.8. The van der Waals surface area contributed by atoms with Gasteiger partial charge in [-0.05, 0) is 18.6 Å². The minimum Gasteiger partial charge on any atom is -0.496 e. The minimum atomic E-state index is -0.703. The van der Waals surface area contributed by atoms with Crippen molar-refractivity contribution in [2.45, 2.75) is 13.3 Å². The van der Waals surface area contributed by atoms with Gasteiger partial charge >= 0.3 is 5.97 Å². The van der Waals surface area contributed by atoms with Gasteiger partial charge in [0, 0.05) is 6.61 Å². The monoisotopic (exact) mass is 283 g/mol. The third-order valence-electron chi connectivity index (χ3n) is 2.36. The molecule has 0 aliphatic heterocycles. The Bertz CT molecular complexity index is 396. The van der Waals surface area contributed by atoms with E-state index in [0.29, 0.717) is 18.1 Å². The van der Waals surface area contributed by atoms with Crippen molar-refractivity contribution in [2.75, 3.05) is 27.4 Å². The van der Waals surface area contributed by atoms with Gasteiger partial charge in [0.2, 0.25) is 0 Å². The molecule has 0 aliphatic rings. The Balaban J connectivity index is 2.54. The fourth-order valence-corrected chi connectivity index (χ4v) is 1.48. The van der Waals surface area contributed by atoms with Crippen molar-refractivity contribution in [3.05, 3.63) is 30.4 Å². The van der Waals surface area contributed by atoms with Crippen LogP contribution in [0.5, 0.6) is 11.5 Å². The van der Waals surface area contributed by atoms with Gasteiger partial charge in [-0.2, -0.15) is 4.89 Å². The third kappa shape index (κ3) is 4.71. The molecule has 0 spiro atoms. The second-order valence-electron chi connectivity index (χ2n) is 3.75. The summed E-state index contributed by atoms with van der Waals surface area (Å²) in [6.07, 6.45) is 0.909. The van der Waals surface area contributed by atoms with Gasteiger partial charge in [-0.25, -0.2) is 4.79 Å². The van der Waals surface area contributed by atoms with Crippen molar-refractivity contribution in [3.63, 3.8) is 0 Å². The summed E-state index contributed by atoms with van der Waals surface area (Å²) in [5.41, 5.74) is 0.167. The van der Waals surface area contributed by atoms with E-state index in [0.717, 1.165) is 6.42 Å². The summed E-state index contributed by atoms with van der Waals surface area (Å²) in [4.78, 5) is 21.3. The molecule has 0 heterocycles. The molecule has 111 valence electrons. The van der Waals surface area contributed by atoms with Gasteiger partial charge in [-0.3, -0.25) is 4.89 Å². The predicted octanol–water partition coefficient (Wildman–Crippen LogP) is 2.38. The highest BCUT2D eigenvalue weighted by atomic mass is 17.2. The van der Waals surface area contributed by atoms with Crippen LogP contribution < -0.4 is 9.47 Å². The number of hydrogen-bond donors (Lipinski definition) is 0. The Morgan fingerprint density at radius 1 is 1.20 bits per heavy atom. The average Bonchev–Trinajstić information content (AvgIpc) is 2.49. The van der Waals surface area contributed by atoms with Crippen LogP contribution in [-0.4, -0.2) is 33.4 Å². The lowest BCUT2D eigenvalue weighted by Gasteiger charge is -2.11. The quantitative estimate of drug-likeness (QED) is 0.394. The third-order valence-corrected chi connectivity index (χ3v) is 2.36. The molecule has 0 atom stereocenters. The number of methoxy groups -OCH3 is 2. The molecule has 0 saturated heterocycles. The molecule has 0 amide bonds.